The second-order valence-electron chi connectivity index (χ2n) is 5.12. The van der Waals surface area contributed by atoms with Gasteiger partial charge in [-0.3, -0.25) is 4.99 Å². The molecule has 1 aromatic heterocycles. The first-order chi connectivity index (χ1) is 10.7. The molecule has 0 saturated heterocycles. The summed E-state index contributed by atoms with van der Waals surface area (Å²) in [6.07, 6.45) is 1.68. The minimum absolute atomic E-state index is 0. The molecule has 0 amide bonds. The number of aryl methyl sites for hydroxylation is 3. The van der Waals surface area contributed by atoms with Gasteiger partial charge in [0, 0.05) is 26.6 Å². The van der Waals surface area contributed by atoms with Gasteiger partial charge < -0.3 is 15.2 Å². The van der Waals surface area contributed by atoms with Crippen LogP contribution in [-0.4, -0.2) is 29.7 Å². The Morgan fingerprint density at radius 2 is 2.00 bits per heavy atom. The van der Waals surface area contributed by atoms with Crippen molar-refractivity contribution in [3.63, 3.8) is 0 Å². The highest BCUT2D eigenvalue weighted by atomic mass is 127. The van der Waals surface area contributed by atoms with Gasteiger partial charge in [-0.1, -0.05) is 29.4 Å². The summed E-state index contributed by atoms with van der Waals surface area (Å²) in [5.74, 6) is 2.16. The standard InChI is InChI=1S/C16H23N5O.HI/c1-12-7-4-5-8-14(12)11-19-16(17-3)18-10-6-9-15-20-13(2)21-22-15;/h4-5,7-8H,6,9-11H2,1-3H3,(H2,17,18,19);1H. The summed E-state index contributed by atoms with van der Waals surface area (Å²) in [6, 6.07) is 8.32. The molecule has 0 aliphatic heterocycles. The van der Waals surface area contributed by atoms with Gasteiger partial charge in [-0.25, -0.2) is 0 Å². The minimum atomic E-state index is 0. The maximum absolute atomic E-state index is 5.08. The van der Waals surface area contributed by atoms with Crippen LogP contribution in [0.15, 0.2) is 33.8 Å². The fourth-order valence-electron chi connectivity index (χ4n) is 2.10. The Morgan fingerprint density at radius 1 is 1.22 bits per heavy atom. The summed E-state index contributed by atoms with van der Waals surface area (Å²) in [5, 5.41) is 10.4. The molecule has 6 nitrogen and oxygen atoms in total. The van der Waals surface area contributed by atoms with Crippen LogP contribution in [0.25, 0.3) is 0 Å². The molecule has 2 rings (SSSR count). The average Bonchev–Trinajstić information content (AvgIpc) is 2.93. The summed E-state index contributed by atoms with van der Waals surface area (Å²) in [7, 11) is 1.77. The molecule has 1 heterocycles. The molecule has 1 aromatic carbocycles. The van der Waals surface area contributed by atoms with Gasteiger partial charge in [-0.05, 0) is 31.4 Å². The van der Waals surface area contributed by atoms with Crippen molar-refractivity contribution in [3.05, 3.63) is 47.1 Å². The summed E-state index contributed by atoms with van der Waals surface area (Å²) >= 11 is 0. The molecular weight excluding hydrogens is 405 g/mol. The number of halogens is 1. The molecule has 0 saturated carbocycles. The second-order valence-corrected chi connectivity index (χ2v) is 5.12. The van der Waals surface area contributed by atoms with Crippen molar-refractivity contribution < 1.29 is 4.52 Å². The van der Waals surface area contributed by atoms with Crippen molar-refractivity contribution in [3.8, 4) is 0 Å². The summed E-state index contributed by atoms with van der Waals surface area (Å²) in [6.45, 7) is 5.49. The predicted molar refractivity (Wildman–Crippen MR) is 102 cm³/mol. The number of guanidine groups is 1. The van der Waals surface area contributed by atoms with Gasteiger partial charge in [-0.15, -0.1) is 24.0 Å². The number of nitrogens with one attached hydrogen (secondary N) is 2. The second kappa shape index (κ2) is 10.2. The topological polar surface area (TPSA) is 75.3 Å². The van der Waals surface area contributed by atoms with Crippen LogP contribution in [0.1, 0.15) is 29.3 Å². The zero-order chi connectivity index (χ0) is 15.8. The van der Waals surface area contributed by atoms with Crippen LogP contribution in [-0.2, 0) is 13.0 Å². The molecule has 0 fully saturated rings. The normalized spacial score (nSPS) is 11.0. The van der Waals surface area contributed by atoms with Gasteiger partial charge in [0.15, 0.2) is 11.8 Å². The van der Waals surface area contributed by atoms with E-state index in [1.54, 1.807) is 7.05 Å². The molecule has 0 atom stereocenters. The van der Waals surface area contributed by atoms with Gasteiger partial charge in [0.1, 0.15) is 0 Å². The van der Waals surface area contributed by atoms with Gasteiger partial charge >= 0.3 is 0 Å². The third kappa shape index (κ3) is 6.55. The lowest BCUT2D eigenvalue weighted by molar-refractivity contribution is 0.372. The lowest BCUT2D eigenvalue weighted by Gasteiger charge is -2.12. The lowest BCUT2D eigenvalue weighted by Crippen LogP contribution is -2.37. The average molecular weight is 429 g/mol. The van der Waals surface area contributed by atoms with E-state index in [4.69, 9.17) is 4.52 Å². The summed E-state index contributed by atoms with van der Waals surface area (Å²) < 4.78 is 5.08. The quantitative estimate of drug-likeness (QED) is 0.320. The van der Waals surface area contributed by atoms with Crippen LogP contribution < -0.4 is 10.6 Å². The molecular formula is C16H24IN5O. The van der Waals surface area contributed by atoms with E-state index in [1.165, 1.54) is 11.1 Å². The first-order valence-electron chi connectivity index (χ1n) is 7.47. The first-order valence-corrected chi connectivity index (χ1v) is 7.47. The molecule has 2 N–H and O–H groups in total. The molecule has 0 spiro atoms. The number of hydrogen-bond acceptors (Lipinski definition) is 4. The fraction of sp³-hybridized carbons (Fsp3) is 0.438. The monoisotopic (exact) mass is 429 g/mol. The highest BCUT2D eigenvalue weighted by Crippen LogP contribution is 2.05. The van der Waals surface area contributed by atoms with E-state index >= 15 is 0 Å². The Labute approximate surface area is 154 Å². The van der Waals surface area contributed by atoms with E-state index in [1.807, 2.05) is 19.1 Å². The van der Waals surface area contributed by atoms with E-state index < -0.39 is 0 Å². The molecule has 0 aliphatic carbocycles. The molecule has 2 aromatic rings. The third-order valence-electron chi connectivity index (χ3n) is 3.36. The number of nitrogens with zero attached hydrogens (tertiary/aromatic N) is 3. The molecule has 7 heteroatoms. The van der Waals surface area contributed by atoms with E-state index in [0.717, 1.165) is 31.9 Å². The van der Waals surface area contributed by atoms with Crippen molar-refractivity contribution >= 4 is 29.9 Å². The van der Waals surface area contributed by atoms with Gasteiger partial charge in [-0.2, -0.15) is 4.98 Å². The fourth-order valence-corrected chi connectivity index (χ4v) is 2.10. The Kier molecular flexibility index (Phi) is 8.60. The smallest absolute Gasteiger partial charge is 0.226 e. The minimum Gasteiger partial charge on any atom is -0.356 e. The number of aliphatic imine (C=N–C) groups is 1. The molecule has 0 aliphatic rings. The van der Waals surface area contributed by atoms with Crippen LogP contribution in [0.4, 0.5) is 0 Å². The maximum Gasteiger partial charge on any atom is 0.226 e. The van der Waals surface area contributed by atoms with Crippen LogP contribution >= 0.6 is 24.0 Å². The Hall–Kier alpha value is -1.64. The zero-order valence-corrected chi connectivity index (χ0v) is 16.1. The van der Waals surface area contributed by atoms with E-state index in [9.17, 15) is 0 Å². The van der Waals surface area contributed by atoms with E-state index in [2.05, 4.69) is 44.8 Å². The molecule has 23 heavy (non-hydrogen) atoms. The lowest BCUT2D eigenvalue weighted by atomic mass is 10.1. The zero-order valence-electron chi connectivity index (χ0n) is 13.8. The highest BCUT2D eigenvalue weighted by Gasteiger charge is 2.03. The maximum atomic E-state index is 5.08. The summed E-state index contributed by atoms with van der Waals surface area (Å²) in [5.41, 5.74) is 2.55. The number of rotatable bonds is 6. The van der Waals surface area contributed by atoms with Gasteiger partial charge in [0.2, 0.25) is 5.89 Å². The Morgan fingerprint density at radius 3 is 2.65 bits per heavy atom. The molecule has 0 bridgehead atoms. The first kappa shape index (κ1) is 19.4. The van der Waals surface area contributed by atoms with Crippen molar-refractivity contribution in [2.24, 2.45) is 4.99 Å². The van der Waals surface area contributed by atoms with Crippen LogP contribution in [0.5, 0.6) is 0 Å². The SMILES string of the molecule is CN=C(NCCCc1nc(C)no1)NCc1ccccc1C.I. The summed E-state index contributed by atoms with van der Waals surface area (Å²) in [4.78, 5) is 8.41. The van der Waals surface area contributed by atoms with Crippen LogP contribution in [0, 0.1) is 13.8 Å². The van der Waals surface area contributed by atoms with E-state index in [0.29, 0.717) is 11.7 Å². The molecule has 0 unspecified atom stereocenters. The van der Waals surface area contributed by atoms with Crippen molar-refractivity contribution in [2.75, 3.05) is 13.6 Å². The third-order valence-corrected chi connectivity index (χ3v) is 3.36. The number of benzene rings is 1. The largest absolute Gasteiger partial charge is 0.356 e. The molecule has 0 radical (unpaired) electrons. The van der Waals surface area contributed by atoms with Crippen LogP contribution in [0.2, 0.25) is 0 Å². The number of hydrogen-bond donors (Lipinski definition) is 2. The predicted octanol–water partition coefficient (Wildman–Crippen LogP) is 2.60. The van der Waals surface area contributed by atoms with Gasteiger partial charge in [0.05, 0.1) is 0 Å². The number of aromatic nitrogens is 2. The van der Waals surface area contributed by atoms with Crippen molar-refractivity contribution in [2.45, 2.75) is 33.2 Å². The van der Waals surface area contributed by atoms with Crippen molar-refractivity contribution in [1.82, 2.24) is 20.8 Å². The van der Waals surface area contributed by atoms with Crippen molar-refractivity contribution in [1.29, 1.82) is 0 Å². The van der Waals surface area contributed by atoms with E-state index in [-0.39, 0.29) is 24.0 Å². The van der Waals surface area contributed by atoms with Crippen LogP contribution in [0.3, 0.4) is 0 Å². The van der Waals surface area contributed by atoms with Gasteiger partial charge in [0.25, 0.3) is 0 Å². The Balaban J connectivity index is 0.00000264. The highest BCUT2D eigenvalue weighted by molar-refractivity contribution is 14.0. The molecule has 126 valence electrons. The Bertz CT molecular complexity index is 626.